The largest absolute Gasteiger partial charge is 0.488 e. The van der Waals surface area contributed by atoms with E-state index in [0.717, 1.165) is 23.5 Å². The molecular weight excluding hydrogens is 412 g/mol. The number of aromatic nitrogens is 4. The number of ether oxygens (including phenoxy) is 1. The van der Waals surface area contributed by atoms with E-state index in [9.17, 15) is 14.7 Å². The van der Waals surface area contributed by atoms with Gasteiger partial charge >= 0.3 is 5.63 Å². The monoisotopic (exact) mass is 432 g/mol. The zero-order valence-corrected chi connectivity index (χ0v) is 17.1. The summed E-state index contributed by atoms with van der Waals surface area (Å²) in [5.74, 6) is -0.877. The van der Waals surface area contributed by atoms with Gasteiger partial charge in [-0.25, -0.2) is 9.48 Å². The first-order chi connectivity index (χ1) is 14.4. The lowest BCUT2D eigenvalue weighted by atomic mass is 10.2. The number of aryl methyl sites for hydroxylation is 1. The summed E-state index contributed by atoms with van der Waals surface area (Å²) in [6, 6.07) is 3.19. The number of rotatable bonds is 6. The molecule has 3 heterocycles. The number of carbonyl (C=O) groups excluding carboxylic acids is 1. The van der Waals surface area contributed by atoms with Crippen molar-refractivity contribution in [2.75, 3.05) is 17.7 Å². The van der Waals surface area contributed by atoms with E-state index in [4.69, 9.17) is 9.15 Å². The van der Waals surface area contributed by atoms with E-state index < -0.39 is 11.5 Å². The standard InChI is InChI=1S/C18H20N6O5S/c1-9-5-6-19-24(9)18-23-22-17(30-18)21-15(26)13-8-12(14(28-2)16(27)29-13)20-10-3-4-11(25)7-10/h5-6,8,10-11,20,25H,3-4,7H2,1-2H3,(H,21,22,26)/t10-,11+/m0/s1. The summed E-state index contributed by atoms with van der Waals surface area (Å²) < 4.78 is 11.8. The van der Waals surface area contributed by atoms with E-state index in [-0.39, 0.29) is 28.8 Å². The minimum absolute atomic E-state index is 0.0275. The maximum atomic E-state index is 12.6. The Hall–Kier alpha value is -3.25. The van der Waals surface area contributed by atoms with Crippen LogP contribution in [0.15, 0.2) is 27.5 Å². The van der Waals surface area contributed by atoms with Crippen molar-refractivity contribution < 1.29 is 19.1 Å². The molecule has 0 unspecified atom stereocenters. The molecule has 2 atom stereocenters. The third-order valence-corrected chi connectivity index (χ3v) is 5.56. The van der Waals surface area contributed by atoms with Crippen LogP contribution < -0.4 is 21.0 Å². The van der Waals surface area contributed by atoms with Crippen LogP contribution in [0.25, 0.3) is 5.13 Å². The Balaban J connectivity index is 1.54. The summed E-state index contributed by atoms with van der Waals surface area (Å²) >= 11 is 1.13. The molecule has 4 rings (SSSR count). The number of nitrogens with one attached hydrogen (secondary N) is 2. The van der Waals surface area contributed by atoms with Gasteiger partial charge in [0, 0.05) is 24.0 Å². The molecule has 3 aromatic heterocycles. The lowest BCUT2D eigenvalue weighted by Crippen LogP contribution is -2.21. The Labute approximate surface area is 174 Å². The first kappa shape index (κ1) is 20.0. The smallest absolute Gasteiger partial charge is 0.381 e. The number of aliphatic hydroxyl groups excluding tert-OH is 1. The molecule has 0 aliphatic heterocycles. The summed E-state index contributed by atoms with van der Waals surface area (Å²) in [6.07, 6.45) is 3.21. The van der Waals surface area contributed by atoms with Gasteiger partial charge in [-0.2, -0.15) is 5.10 Å². The molecular formula is C18H20N6O5S. The van der Waals surface area contributed by atoms with Crippen LogP contribution in [0.5, 0.6) is 5.75 Å². The van der Waals surface area contributed by atoms with Gasteiger partial charge < -0.3 is 19.6 Å². The van der Waals surface area contributed by atoms with Crippen molar-refractivity contribution in [3.8, 4) is 10.9 Å². The van der Waals surface area contributed by atoms with Crippen LogP contribution >= 0.6 is 11.3 Å². The molecule has 0 bridgehead atoms. The first-order valence-corrected chi connectivity index (χ1v) is 10.1. The predicted molar refractivity (Wildman–Crippen MR) is 109 cm³/mol. The molecule has 30 heavy (non-hydrogen) atoms. The Morgan fingerprint density at radius 1 is 1.40 bits per heavy atom. The Morgan fingerprint density at radius 2 is 2.23 bits per heavy atom. The van der Waals surface area contributed by atoms with Gasteiger partial charge in [-0.1, -0.05) is 11.3 Å². The molecule has 11 nitrogen and oxygen atoms in total. The first-order valence-electron chi connectivity index (χ1n) is 9.27. The number of methoxy groups -OCH3 is 1. The van der Waals surface area contributed by atoms with Crippen molar-refractivity contribution in [3.05, 3.63) is 40.2 Å². The van der Waals surface area contributed by atoms with Crippen LogP contribution in [0.1, 0.15) is 35.5 Å². The third kappa shape index (κ3) is 4.04. The van der Waals surface area contributed by atoms with Crippen molar-refractivity contribution in [1.29, 1.82) is 0 Å². The summed E-state index contributed by atoms with van der Waals surface area (Å²) in [6.45, 7) is 1.87. The summed E-state index contributed by atoms with van der Waals surface area (Å²) in [5.41, 5.74) is 0.428. The topological polar surface area (TPSA) is 144 Å². The number of nitrogens with zero attached hydrogens (tertiary/aromatic N) is 4. The number of aliphatic hydroxyl groups is 1. The zero-order chi connectivity index (χ0) is 21.3. The van der Waals surface area contributed by atoms with Gasteiger partial charge in [0.15, 0.2) is 5.76 Å². The molecule has 1 aliphatic rings. The Bertz CT molecular complexity index is 1120. The second-order valence-electron chi connectivity index (χ2n) is 6.88. The van der Waals surface area contributed by atoms with E-state index in [1.54, 1.807) is 10.9 Å². The molecule has 0 spiro atoms. The number of amides is 1. The summed E-state index contributed by atoms with van der Waals surface area (Å²) in [7, 11) is 1.35. The average molecular weight is 432 g/mol. The highest BCUT2D eigenvalue weighted by molar-refractivity contribution is 7.17. The van der Waals surface area contributed by atoms with Gasteiger partial charge in [0.1, 0.15) is 0 Å². The zero-order valence-electron chi connectivity index (χ0n) is 16.3. The normalized spacial score (nSPS) is 18.4. The maximum Gasteiger partial charge on any atom is 0.381 e. The van der Waals surface area contributed by atoms with E-state index in [0.29, 0.717) is 23.7 Å². The second kappa shape index (κ2) is 8.24. The minimum atomic E-state index is -0.781. The molecule has 158 valence electrons. The van der Waals surface area contributed by atoms with E-state index in [1.807, 2.05) is 13.0 Å². The van der Waals surface area contributed by atoms with Gasteiger partial charge in [0.05, 0.1) is 18.9 Å². The molecule has 1 fully saturated rings. The molecule has 1 amide bonds. The lowest BCUT2D eigenvalue weighted by molar-refractivity contribution is 0.0991. The van der Waals surface area contributed by atoms with Crippen molar-refractivity contribution in [1.82, 2.24) is 20.0 Å². The Morgan fingerprint density at radius 3 is 2.90 bits per heavy atom. The van der Waals surface area contributed by atoms with Crippen molar-refractivity contribution in [2.24, 2.45) is 0 Å². The van der Waals surface area contributed by atoms with Crippen LogP contribution in [0.4, 0.5) is 10.8 Å². The highest BCUT2D eigenvalue weighted by atomic mass is 32.1. The number of hydrogen-bond donors (Lipinski definition) is 3. The summed E-state index contributed by atoms with van der Waals surface area (Å²) in [5, 5.41) is 28.3. The fraction of sp³-hybridized carbons (Fsp3) is 0.389. The Kier molecular flexibility index (Phi) is 5.50. The quantitative estimate of drug-likeness (QED) is 0.528. The molecule has 3 N–H and O–H groups in total. The molecule has 0 saturated heterocycles. The van der Waals surface area contributed by atoms with Crippen LogP contribution in [-0.2, 0) is 0 Å². The van der Waals surface area contributed by atoms with Crippen molar-refractivity contribution in [2.45, 2.75) is 38.3 Å². The van der Waals surface area contributed by atoms with Gasteiger partial charge in [-0.05, 0) is 32.3 Å². The maximum absolute atomic E-state index is 12.6. The van der Waals surface area contributed by atoms with E-state index >= 15 is 0 Å². The molecule has 12 heteroatoms. The average Bonchev–Trinajstić information content (AvgIpc) is 3.43. The van der Waals surface area contributed by atoms with Crippen LogP contribution in [-0.4, -0.2) is 50.2 Å². The third-order valence-electron chi connectivity index (χ3n) is 4.75. The number of carbonyl (C=O) groups is 1. The van der Waals surface area contributed by atoms with Gasteiger partial charge in [0.25, 0.3) is 5.91 Å². The second-order valence-corrected chi connectivity index (χ2v) is 7.84. The molecule has 0 aromatic carbocycles. The van der Waals surface area contributed by atoms with E-state index in [1.165, 1.54) is 13.2 Å². The van der Waals surface area contributed by atoms with Crippen LogP contribution in [0.3, 0.4) is 0 Å². The predicted octanol–water partition coefficient (Wildman–Crippen LogP) is 1.57. The summed E-state index contributed by atoms with van der Waals surface area (Å²) in [4.78, 5) is 24.9. The van der Waals surface area contributed by atoms with Gasteiger partial charge in [-0.15, -0.1) is 10.2 Å². The number of hydrogen-bond acceptors (Lipinski definition) is 10. The van der Waals surface area contributed by atoms with Crippen molar-refractivity contribution in [3.63, 3.8) is 0 Å². The molecule has 3 aromatic rings. The van der Waals surface area contributed by atoms with Crippen molar-refractivity contribution >= 4 is 28.1 Å². The highest BCUT2D eigenvalue weighted by Gasteiger charge is 2.25. The SMILES string of the molecule is COc1c(N[C@H]2CC[C@@H](O)C2)cc(C(=O)Nc2nnc(-n3nccc3C)s2)oc1=O. The molecule has 0 radical (unpaired) electrons. The van der Waals surface area contributed by atoms with Gasteiger partial charge in [0.2, 0.25) is 16.0 Å². The van der Waals surface area contributed by atoms with Crippen LogP contribution in [0, 0.1) is 6.92 Å². The number of anilines is 2. The minimum Gasteiger partial charge on any atom is -0.488 e. The molecule has 1 saturated carbocycles. The fourth-order valence-electron chi connectivity index (χ4n) is 3.28. The van der Waals surface area contributed by atoms with Gasteiger partial charge in [-0.3, -0.25) is 10.1 Å². The van der Waals surface area contributed by atoms with E-state index in [2.05, 4.69) is 25.9 Å². The molecule has 1 aliphatic carbocycles. The highest BCUT2D eigenvalue weighted by Crippen LogP contribution is 2.28. The van der Waals surface area contributed by atoms with Crippen LogP contribution in [0.2, 0.25) is 0 Å². The fourth-order valence-corrected chi connectivity index (χ4v) is 4.04. The lowest BCUT2D eigenvalue weighted by Gasteiger charge is -2.16.